The van der Waals surface area contributed by atoms with Crippen molar-refractivity contribution < 1.29 is 0 Å². The van der Waals surface area contributed by atoms with Crippen LogP contribution in [0.5, 0.6) is 0 Å². The molecular formula is C18H35N. The third-order valence-electron chi connectivity index (χ3n) is 4.44. The van der Waals surface area contributed by atoms with Crippen molar-refractivity contribution in [2.45, 2.75) is 66.7 Å². The van der Waals surface area contributed by atoms with Gasteiger partial charge >= 0.3 is 0 Å². The summed E-state index contributed by atoms with van der Waals surface area (Å²) in [6.45, 7) is 16.4. The van der Waals surface area contributed by atoms with Crippen LogP contribution in [0.3, 0.4) is 0 Å². The van der Waals surface area contributed by atoms with E-state index in [0.717, 1.165) is 18.9 Å². The van der Waals surface area contributed by atoms with Gasteiger partial charge in [-0.3, -0.25) is 0 Å². The molecule has 0 aliphatic carbocycles. The fourth-order valence-corrected chi connectivity index (χ4v) is 2.87. The minimum absolute atomic E-state index is 0.595. The predicted molar refractivity (Wildman–Crippen MR) is 88.2 cm³/mol. The maximum absolute atomic E-state index is 5.81. The standard InChI is InChI=1S/C18H35N/c1-7-10-14(4)13-17(11-12-19)18(9-3)16(6)15(5)8-2/h9,14-16H,3,7-8,10-13,19H2,1-2,4-6H3/b18-17+/t14?,15-,16-/m0/s1. The van der Waals surface area contributed by atoms with Crippen molar-refractivity contribution in [2.24, 2.45) is 23.5 Å². The maximum Gasteiger partial charge on any atom is -0.00397 e. The van der Waals surface area contributed by atoms with E-state index < -0.39 is 0 Å². The lowest BCUT2D eigenvalue weighted by Crippen LogP contribution is -2.14. The van der Waals surface area contributed by atoms with Crippen LogP contribution in [-0.4, -0.2) is 6.54 Å². The second-order valence-electron chi connectivity index (χ2n) is 6.07. The molecule has 0 spiro atoms. The average molecular weight is 265 g/mol. The summed E-state index contributed by atoms with van der Waals surface area (Å²) in [6, 6.07) is 0. The van der Waals surface area contributed by atoms with Crippen molar-refractivity contribution in [3.63, 3.8) is 0 Å². The molecule has 2 N–H and O–H groups in total. The van der Waals surface area contributed by atoms with E-state index in [0.29, 0.717) is 11.8 Å². The Kier molecular flexibility index (Phi) is 9.95. The summed E-state index contributed by atoms with van der Waals surface area (Å²) in [5, 5.41) is 0. The van der Waals surface area contributed by atoms with E-state index in [9.17, 15) is 0 Å². The Morgan fingerprint density at radius 2 is 1.84 bits per heavy atom. The molecule has 112 valence electrons. The topological polar surface area (TPSA) is 26.0 Å². The van der Waals surface area contributed by atoms with Gasteiger partial charge in [0, 0.05) is 0 Å². The summed E-state index contributed by atoms with van der Waals surface area (Å²) >= 11 is 0. The molecule has 1 unspecified atom stereocenters. The SMILES string of the molecule is C=C/C(=C(/CCN)CC(C)CCC)[C@@H](C)[C@@H](C)CC. The highest BCUT2D eigenvalue weighted by atomic mass is 14.5. The molecule has 0 aromatic rings. The molecule has 0 bridgehead atoms. The third-order valence-corrected chi connectivity index (χ3v) is 4.44. The summed E-state index contributed by atoms with van der Waals surface area (Å²) in [4.78, 5) is 0. The van der Waals surface area contributed by atoms with Crippen LogP contribution in [0, 0.1) is 17.8 Å². The van der Waals surface area contributed by atoms with Crippen LogP contribution in [0.25, 0.3) is 0 Å². The molecule has 0 aliphatic rings. The Balaban J connectivity index is 5.11. The lowest BCUT2D eigenvalue weighted by molar-refractivity contribution is 0.424. The lowest BCUT2D eigenvalue weighted by atomic mass is 9.81. The van der Waals surface area contributed by atoms with E-state index in [4.69, 9.17) is 5.73 Å². The molecule has 0 radical (unpaired) electrons. The minimum Gasteiger partial charge on any atom is -0.330 e. The molecule has 3 atom stereocenters. The number of allylic oxidation sites excluding steroid dienone is 2. The Hall–Kier alpha value is -0.560. The highest BCUT2D eigenvalue weighted by Crippen LogP contribution is 2.31. The van der Waals surface area contributed by atoms with Gasteiger partial charge < -0.3 is 5.73 Å². The second-order valence-corrected chi connectivity index (χ2v) is 6.07. The van der Waals surface area contributed by atoms with E-state index in [2.05, 4.69) is 47.3 Å². The number of hydrogen-bond donors (Lipinski definition) is 1. The molecule has 0 aliphatic heterocycles. The molecule has 0 fully saturated rings. The van der Waals surface area contributed by atoms with Gasteiger partial charge in [-0.05, 0) is 42.7 Å². The maximum atomic E-state index is 5.81. The first-order chi connectivity index (χ1) is 9.01. The quantitative estimate of drug-likeness (QED) is 0.531. The zero-order valence-electron chi connectivity index (χ0n) is 13.8. The fourth-order valence-electron chi connectivity index (χ4n) is 2.87. The minimum atomic E-state index is 0.595. The first kappa shape index (κ1) is 18.4. The van der Waals surface area contributed by atoms with Crippen molar-refractivity contribution in [3.8, 4) is 0 Å². The van der Waals surface area contributed by atoms with E-state index in [-0.39, 0.29) is 0 Å². The molecular weight excluding hydrogens is 230 g/mol. The second kappa shape index (κ2) is 10.3. The monoisotopic (exact) mass is 265 g/mol. The average Bonchev–Trinajstić information content (AvgIpc) is 2.38. The molecule has 19 heavy (non-hydrogen) atoms. The van der Waals surface area contributed by atoms with Gasteiger partial charge in [-0.2, -0.15) is 0 Å². The van der Waals surface area contributed by atoms with E-state index in [1.807, 2.05) is 0 Å². The van der Waals surface area contributed by atoms with Crippen molar-refractivity contribution in [1.82, 2.24) is 0 Å². The zero-order chi connectivity index (χ0) is 14.8. The molecule has 0 rings (SSSR count). The van der Waals surface area contributed by atoms with Gasteiger partial charge in [0.2, 0.25) is 0 Å². The van der Waals surface area contributed by atoms with Gasteiger partial charge in [0.1, 0.15) is 0 Å². The molecule has 0 amide bonds. The van der Waals surface area contributed by atoms with Crippen LogP contribution in [0.15, 0.2) is 23.8 Å². The van der Waals surface area contributed by atoms with Crippen LogP contribution < -0.4 is 5.73 Å². The van der Waals surface area contributed by atoms with E-state index >= 15 is 0 Å². The summed E-state index contributed by atoms with van der Waals surface area (Å²) in [7, 11) is 0. The van der Waals surface area contributed by atoms with Crippen molar-refractivity contribution in [3.05, 3.63) is 23.8 Å². The largest absolute Gasteiger partial charge is 0.330 e. The number of rotatable bonds is 10. The summed E-state index contributed by atoms with van der Waals surface area (Å²) < 4.78 is 0. The van der Waals surface area contributed by atoms with Crippen LogP contribution in [0.4, 0.5) is 0 Å². The van der Waals surface area contributed by atoms with Crippen molar-refractivity contribution in [2.75, 3.05) is 6.54 Å². The molecule has 0 aromatic heterocycles. The number of nitrogens with two attached hydrogens (primary N) is 1. The normalized spacial score (nSPS) is 17.6. The van der Waals surface area contributed by atoms with Crippen LogP contribution in [0.1, 0.15) is 66.7 Å². The Morgan fingerprint density at radius 3 is 2.26 bits per heavy atom. The molecule has 0 aromatic carbocycles. The molecule has 0 heterocycles. The highest BCUT2D eigenvalue weighted by Gasteiger charge is 2.17. The highest BCUT2D eigenvalue weighted by molar-refractivity contribution is 5.27. The molecule has 1 heteroatoms. The third kappa shape index (κ3) is 6.42. The zero-order valence-corrected chi connectivity index (χ0v) is 13.8. The fraction of sp³-hybridized carbons (Fsp3) is 0.778. The van der Waals surface area contributed by atoms with Crippen LogP contribution in [0.2, 0.25) is 0 Å². The smallest absolute Gasteiger partial charge is 0.00397 e. The predicted octanol–water partition coefficient (Wildman–Crippen LogP) is 5.33. The van der Waals surface area contributed by atoms with Gasteiger partial charge in [0.25, 0.3) is 0 Å². The Labute approximate surface area is 121 Å². The Bertz CT molecular complexity index is 277. The first-order valence-electron chi connectivity index (χ1n) is 8.06. The van der Waals surface area contributed by atoms with Crippen molar-refractivity contribution in [1.29, 1.82) is 0 Å². The van der Waals surface area contributed by atoms with Crippen molar-refractivity contribution >= 4 is 0 Å². The lowest BCUT2D eigenvalue weighted by Gasteiger charge is -2.25. The van der Waals surface area contributed by atoms with E-state index in [1.54, 1.807) is 5.57 Å². The van der Waals surface area contributed by atoms with Gasteiger partial charge in [0.05, 0.1) is 0 Å². The van der Waals surface area contributed by atoms with Gasteiger partial charge in [-0.15, -0.1) is 0 Å². The first-order valence-corrected chi connectivity index (χ1v) is 8.06. The van der Waals surface area contributed by atoms with E-state index in [1.165, 1.54) is 31.3 Å². The van der Waals surface area contributed by atoms with Gasteiger partial charge in [-0.1, -0.05) is 72.1 Å². The molecule has 0 saturated heterocycles. The number of hydrogen-bond acceptors (Lipinski definition) is 1. The summed E-state index contributed by atoms with van der Waals surface area (Å²) in [5.74, 6) is 2.06. The van der Waals surface area contributed by atoms with Gasteiger partial charge in [0.15, 0.2) is 0 Å². The van der Waals surface area contributed by atoms with Gasteiger partial charge in [-0.25, -0.2) is 0 Å². The van der Waals surface area contributed by atoms with Crippen LogP contribution in [-0.2, 0) is 0 Å². The Morgan fingerprint density at radius 1 is 1.21 bits per heavy atom. The molecule has 1 nitrogen and oxygen atoms in total. The summed E-state index contributed by atoms with van der Waals surface area (Å²) in [5.41, 5.74) is 8.82. The summed E-state index contributed by atoms with van der Waals surface area (Å²) in [6.07, 6.45) is 8.08. The van der Waals surface area contributed by atoms with Crippen LogP contribution >= 0.6 is 0 Å². The molecule has 0 saturated carbocycles.